The minimum Gasteiger partial charge on any atom is -0.493 e. The summed E-state index contributed by atoms with van der Waals surface area (Å²) in [6, 6.07) is 11.1. The molecule has 0 radical (unpaired) electrons. The van der Waals surface area contributed by atoms with Gasteiger partial charge in [0.15, 0.2) is 11.5 Å². The van der Waals surface area contributed by atoms with E-state index in [1.165, 1.54) is 0 Å². The number of nitrogens with zero attached hydrogens (tertiary/aromatic N) is 1. The topological polar surface area (TPSA) is 67.9 Å². The SMILES string of the molecule is COc1cc2c(cc1OC)CN(C(=O)C(=O)Nc1ccc(C)cc1)CC2. The molecule has 0 atom stereocenters. The molecule has 6 nitrogen and oxygen atoms in total. The first kappa shape index (κ1) is 17.8. The lowest BCUT2D eigenvalue weighted by Crippen LogP contribution is -2.42. The zero-order chi connectivity index (χ0) is 18.7. The summed E-state index contributed by atoms with van der Waals surface area (Å²) in [5.41, 5.74) is 3.76. The van der Waals surface area contributed by atoms with Crippen LogP contribution in [0.1, 0.15) is 16.7 Å². The molecule has 0 fully saturated rings. The molecule has 0 spiro atoms. The van der Waals surface area contributed by atoms with Gasteiger partial charge in [-0.15, -0.1) is 0 Å². The molecule has 0 saturated carbocycles. The van der Waals surface area contributed by atoms with Crippen LogP contribution in [-0.2, 0) is 22.6 Å². The molecule has 2 aromatic carbocycles. The van der Waals surface area contributed by atoms with Crippen LogP contribution in [0.2, 0.25) is 0 Å². The van der Waals surface area contributed by atoms with Gasteiger partial charge in [-0.1, -0.05) is 17.7 Å². The number of anilines is 1. The Bertz CT molecular complexity index is 830. The van der Waals surface area contributed by atoms with Crippen molar-refractivity contribution >= 4 is 17.5 Å². The minimum atomic E-state index is -0.627. The fourth-order valence-corrected chi connectivity index (χ4v) is 3.02. The Morgan fingerprint density at radius 3 is 2.23 bits per heavy atom. The van der Waals surface area contributed by atoms with Crippen LogP contribution in [-0.4, -0.2) is 37.5 Å². The molecular formula is C20H22N2O4. The van der Waals surface area contributed by atoms with Gasteiger partial charge in [0.05, 0.1) is 14.2 Å². The number of benzene rings is 2. The summed E-state index contributed by atoms with van der Waals surface area (Å²) < 4.78 is 10.6. The highest BCUT2D eigenvalue weighted by molar-refractivity contribution is 6.39. The lowest BCUT2D eigenvalue weighted by atomic mass is 9.98. The van der Waals surface area contributed by atoms with Crippen molar-refractivity contribution in [2.45, 2.75) is 19.9 Å². The molecule has 0 aromatic heterocycles. The molecule has 3 rings (SSSR count). The van der Waals surface area contributed by atoms with E-state index in [1.807, 2.05) is 31.2 Å². The summed E-state index contributed by atoms with van der Waals surface area (Å²) in [5.74, 6) is 0.122. The standard InChI is InChI=1S/C20H22N2O4/c1-13-4-6-16(7-5-13)21-19(23)20(24)22-9-8-14-10-17(25-2)18(26-3)11-15(14)12-22/h4-7,10-11H,8-9,12H2,1-3H3,(H,21,23). The van der Waals surface area contributed by atoms with Crippen molar-refractivity contribution < 1.29 is 19.1 Å². The van der Waals surface area contributed by atoms with Crippen LogP contribution in [0.5, 0.6) is 11.5 Å². The summed E-state index contributed by atoms with van der Waals surface area (Å²) in [7, 11) is 3.17. The number of carbonyl (C=O) groups is 2. The van der Waals surface area contributed by atoms with Gasteiger partial charge in [-0.25, -0.2) is 0 Å². The summed E-state index contributed by atoms with van der Waals surface area (Å²) in [4.78, 5) is 26.4. The Kier molecular flexibility index (Phi) is 5.11. The van der Waals surface area contributed by atoms with Gasteiger partial charge in [0.25, 0.3) is 0 Å². The van der Waals surface area contributed by atoms with E-state index in [4.69, 9.17) is 9.47 Å². The van der Waals surface area contributed by atoms with E-state index in [1.54, 1.807) is 31.3 Å². The van der Waals surface area contributed by atoms with E-state index < -0.39 is 11.8 Å². The van der Waals surface area contributed by atoms with Crippen LogP contribution in [0.15, 0.2) is 36.4 Å². The van der Waals surface area contributed by atoms with Gasteiger partial charge in [0.2, 0.25) is 0 Å². The maximum Gasteiger partial charge on any atom is 0.313 e. The Morgan fingerprint density at radius 2 is 1.62 bits per heavy atom. The summed E-state index contributed by atoms with van der Waals surface area (Å²) in [5, 5.41) is 2.66. The van der Waals surface area contributed by atoms with Crippen molar-refractivity contribution in [1.82, 2.24) is 4.90 Å². The third-order valence-corrected chi connectivity index (χ3v) is 4.51. The summed E-state index contributed by atoms with van der Waals surface area (Å²) >= 11 is 0. The number of amides is 2. The third kappa shape index (κ3) is 3.64. The van der Waals surface area contributed by atoms with Gasteiger partial charge >= 0.3 is 11.8 Å². The highest BCUT2D eigenvalue weighted by Crippen LogP contribution is 2.33. The number of nitrogens with one attached hydrogen (secondary N) is 1. The first-order valence-electron chi connectivity index (χ1n) is 8.42. The lowest BCUT2D eigenvalue weighted by Gasteiger charge is -2.29. The highest BCUT2D eigenvalue weighted by Gasteiger charge is 2.27. The van der Waals surface area contributed by atoms with Crippen LogP contribution in [0, 0.1) is 6.92 Å². The number of fused-ring (bicyclic) bond motifs is 1. The van der Waals surface area contributed by atoms with Crippen LogP contribution in [0.3, 0.4) is 0 Å². The van der Waals surface area contributed by atoms with Crippen molar-refractivity contribution in [3.8, 4) is 11.5 Å². The van der Waals surface area contributed by atoms with Gasteiger partial charge < -0.3 is 19.7 Å². The van der Waals surface area contributed by atoms with Crippen LogP contribution in [0.25, 0.3) is 0 Å². The van der Waals surface area contributed by atoms with E-state index in [-0.39, 0.29) is 0 Å². The average molecular weight is 354 g/mol. The Balaban J connectivity index is 1.72. The zero-order valence-corrected chi connectivity index (χ0v) is 15.2. The van der Waals surface area contributed by atoms with Crippen molar-refractivity contribution in [3.63, 3.8) is 0 Å². The molecule has 0 bridgehead atoms. The second kappa shape index (κ2) is 7.47. The molecule has 2 amide bonds. The number of hydrogen-bond donors (Lipinski definition) is 1. The number of rotatable bonds is 3. The number of aryl methyl sites for hydroxylation is 1. The molecule has 136 valence electrons. The second-order valence-electron chi connectivity index (χ2n) is 6.27. The van der Waals surface area contributed by atoms with Gasteiger partial charge in [-0.3, -0.25) is 9.59 Å². The highest BCUT2D eigenvalue weighted by atomic mass is 16.5. The zero-order valence-electron chi connectivity index (χ0n) is 15.2. The van der Waals surface area contributed by atoms with Crippen LogP contribution >= 0.6 is 0 Å². The molecule has 6 heteroatoms. The number of hydrogen-bond acceptors (Lipinski definition) is 4. The van der Waals surface area contributed by atoms with Crippen LogP contribution < -0.4 is 14.8 Å². The first-order chi connectivity index (χ1) is 12.5. The molecule has 0 aliphatic carbocycles. The van der Waals surface area contributed by atoms with Crippen molar-refractivity contribution in [3.05, 3.63) is 53.1 Å². The van der Waals surface area contributed by atoms with Crippen molar-refractivity contribution in [2.24, 2.45) is 0 Å². The fourth-order valence-electron chi connectivity index (χ4n) is 3.02. The average Bonchev–Trinajstić information content (AvgIpc) is 2.67. The van der Waals surface area contributed by atoms with Gasteiger partial charge in [0.1, 0.15) is 0 Å². The molecule has 0 unspecified atom stereocenters. The van der Waals surface area contributed by atoms with Gasteiger partial charge in [-0.2, -0.15) is 0 Å². The molecule has 1 aliphatic heterocycles. The van der Waals surface area contributed by atoms with Crippen LogP contribution in [0.4, 0.5) is 5.69 Å². The lowest BCUT2D eigenvalue weighted by molar-refractivity contribution is -0.143. The quantitative estimate of drug-likeness (QED) is 0.860. The predicted octanol–water partition coefficient (Wildman–Crippen LogP) is 2.54. The Labute approximate surface area is 152 Å². The van der Waals surface area contributed by atoms with E-state index >= 15 is 0 Å². The minimum absolute atomic E-state index is 0.371. The van der Waals surface area contributed by atoms with E-state index in [0.717, 1.165) is 16.7 Å². The van der Waals surface area contributed by atoms with Crippen molar-refractivity contribution in [2.75, 3.05) is 26.1 Å². The molecule has 1 aliphatic rings. The molecule has 1 heterocycles. The molecule has 1 N–H and O–H groups in total. The summed E-state index contributed by atoms with van der Waals surface area (Å²) in [6.07, 6.45) is 0.666. The Morgan fingerprint density at radius 1 is 1.00 bits per heavy atom. The van der Waals surface area contributed by atoms with Gasteiger partial charge in [-0.05, 0) is 48.7 Å². The van der Waals surface area contributed by atoms with E-state index in [9.17, 15) is 9.59 Å². The van der Waals surface area contributed by atoms with Crippen molar-refractivity contribution in [1.29, 1.82) is 0 Å². The molecule has 0 saturated heterocycles. The maximum atomic E-state index is 12.5. The molecule has 2 aromatic rings. The van der Waals surface area contributed by atoms with Gasteiger partial charge in [0, 0.05) is 18.8 Å². The monoisotopic (exact) mass is 354 g/mol. The largest absolute Gasteiger partial charge is 0.493 e. The summed E-state index contributed by atoms with van der Waals surface area (Å²) in [6.45, 7) is 2.82. The molecular weight excluding hydrogens is 332 g/mol. The first-order valence-corrected chi connectivity index (χ1v) is 8.42. The Hall–Kier alpha value is -3.02. The van der Waals surface area contributed by atoms with E-state index in [2.05, 4.69) is 5.32 Å². The number of methoxy groups -OCH3 is 2. The third-order valence-electron chi connectivity index (χ3n) is 4.51. The normalized spacial score (nSPS) is 13.0. The smallest absolute Gasteiger partial charge is 0.313 e. The van der Waals surface area contributed by atoms with E-state index in [0.29, 0.717) is 36.7 Å². The molecule has 26 heavy (non-hydrogen) atoms. The predicted molar refractivity (Wildman–Crippen MR) is 98.5 cm³/mol. The number of ether oxygens (including phenoxy) is 2. The maximum absolute atomic E-state index is 12.5. The fraction of sp³-hybridized carbons (Fsp3) is 0.300. The second-order valence-corrected chi connectivity index (χ2v) is 6.27. The number of carbonyl (C=O) groups excluding carboxylic acids is 2.